The number of benzene rings is 1. The number of urea groups is 1. The van der Waals surface area contributed by atoms with Crippen molar-refractivity contribution in [1.29, 1.82) is 0 Å². The minimum absolute atomic E-state index is 0.0501. The number of anilines is 1. The number of halogens is 3. The lowest BCUT2D eigenvalue weighted by Gasteiger charge is -2.19. The van der Waals surface area contributed by atoms with Crippen LogP contribution < -0.4 is 5.32 Å². The third-order valence-corrected chi connectivity index (χ3v) is 2.56. The maximum atomic E-state index is 12.0. The predicted octanol–water partition coefficient (Wildman–Crippen LogP) is 2.51. The average molecular weight is 306 g/mol. The molecule has 6 nitrogen and oxygen atoms in total. The molecule has 9 heteroatoms. The summed E-state index contributed by atoms with van der Waals surface area (Å²) in [4.78, 5) is 23.3. The van der Waals surface area contributed by atoms with Gasteiger partial charge in [-0.15, -0.1) is 0 Å². The number of carbonyl (C=O) groups excluding carboxylic acids is 1. The number of carboxylic acids is 1. The summed E-state index contributed by atoms with van der Waals surface area (Å²) in [5.41, 5.74) is -0.375. The second-order valence-electron chi connectivity index (χ2n) is 4.25. The fourth-order valence-electron chi connectivity index (χ4n) is 1.40. The number of rotatable bonds is 4. The largest absolute Gasteiger partial charge is 0.507 e. The normalized spacial score (nSPS) is 11.0. The molecule has 1 rings (SSSR count). The molecule has 0 saturated heterocycles. The van der Waals surface area contributed by atoms with E-state index in [1.165, 1.54) is 13.1 Å². The van der Waals surface area contributed by atoms with Crippen LogP contribution in [0.2, 0.25) is 0 Å². The van der Waals surface area contributed by atoms with Crippen molar-refractivity contribution in [3.8, 4) is 5.75 Å². The lowest BCUT2D eigenvalue weighted by molar-refractivity contribution is -0.135. The number of phenols is 1. The van der Waals surface area contributed by atoms with Gasteiger partial charge in [-0.1, -0.05) is 0 Å². The van der Waals surface area contributed by atoms with Crippen molar-refractivity contribution in [3.05, 3.63) is 23.8 Å². The highest BCUT2D eigenvalue weighted by atomic mass is 19.4. The van der Waals surface area contributed by atoms with E-state index in [0.717, 1.165) is 17.0 Å². The zero-order valence-electron chi connectivity index (χ0n) is 10.9. The maximum Gasteiger partial charge on any atom is 0.390 e. The van der Waals surface area contributed by atoms with Gasteiger partial charge in [-0.25, -0.2) is 9.59 Å². The summed E-state index contributed by atoms with van der Waals surface area (Å²) >= 11 is 0. The highest BCUT2D eigenvalue weighted by Crippen LogP contribution is 2.22. The van der Waals surface area contributed by atoms with Crippen LogP contribution in [0.5, 0.6) is 5.75 Å². The molecule has 21 heavy (non-hydrogen) atoms. The van der Waals surface area contributed by atoms with E-state index in [4.69, 9.17) is 5.11 Å². The summed E-state index contributed by atoms with van der Waals surface area (Å²) in [7, 11) is 1.18. The van der Waals surface area contributed by atoms with Crippen LogP contribution in [0.1, 0.15) is 16.8 Å². The molecule has 0 aromatic heterocycles. The Morgan fingerprint density at radius 2 is 1.95 bits per heavy atom. The molecule has 0 radical (unpaired) electrons. The van der Waals surface area contributed by atoms with Gasteiger partial charge in [0.15, 0.2) is 0 Å². The van der Waals surface area contributed by atoms with E-state index in [9.17, 15) is 27.9 Å². The van der Waals surface area contributed by atoms with Crippen LogP contribution in [0.4, 0.5) is 23.7 Å². The fourth-order valence-corrected chi connectivity index (χ4v) is 1.40. The summed E-state index contributed by atoms with van der Waals surface area (Å²) in [6, 6.07) is 2.49. The van der Waals surface area contributed by atoms with E-state index in [2.05, 4.69) is 5.32 Å². The third kappa shape index (κ3) is 5.21. The quantitative estimate of drug-likeness (QED) is 0.746. The van der Waals surface area contributed by atoms with Gasteiger partial charge in [0, 0.05) is 19.3 Å². The van der Waals surface area contributed by atoms with Gasteiger partial charge in [-0.3, -0.25) is 0 Å². The minimum atomic E-state index is -4.37. The fraction of sp³-hybridized carbons (Fsp3) is 0.333. The molecule has 0 spiro atoms. The highest BCUT2D eigenvalue weighted by molar-refractivity contribution is 5.95. The van der Waals surface area contributed by atoms with Crippen molar-refractivity contribution in [1.82, 2.24) is 4.90 Å². The van der Waals surface area contributed by atoms with Crippen LogP contribution >= 0.6 is 0 Å². The molecule has 0 bridgehead atoms. The minimum Gasteiger partial charge on any atom is -0.507 e. The zero-order chi connectivity index (χ0) is 16.2. The van der Waals surface area contributed by atoms with Crippen molar-refractivity contribution in [2.45, 2.75) is 12.6 Å². The number of hydrogen-bond donors (Lipinski definition) is 3. The van der Waals surface area contributed by atoms with Crippen molar-refractivity contribution in [3.63, 3.8) is 0 Å². The molecule has 0 aliphatic carbocycles. The lowest BCUT2D eigenvalue weighted by Crippen LogP contribution is -2.34. The van der Waals surface area contributed by atoms with Crippen LogP contribution in [0.15, 0.2) is 18.2 Å². The summed E-state index contributed by atoms with van der Waals surface area (Å²) < 4.78 is 36.1. The lowest BCUT2D eigenvalue weighted by atomic mass is 10.2. The Kier molecular flexibility index (Phi) is 5.01. The van der Waals surface area contributed by atoms with Crippen molar-refractivity contribution < 1.29 is 33.0 Å². The van der Waals surface area contributed by atoms with Crippen molar-refractivity contribution in [2.75, 3.05) is 18.9 Å². The Balaban J connectivity index is 2.70. The molecule has 0 atom stereocenters. The molecule has 0 saturated carbocycles. The first-order valence-corrected chi connectivity index (χ1v) is 5.75. The highest BCUT2D eigenvalue weighted by Gasteiger charge is 2.28. The van der Waals surface area contributed by atoms with Crippen molar-refractivity contribution in [2.24, 2.45) is 0 Å². The molecule has 3 N–H and O–H groups in total. The molecule has 1 aromatic carbocycles. The van der Waals surface area contributed by atoms with Crippen LogP contribution in [0, 0.1) is 0 Å². The molecule has 2 amide bonds. The van der Waals surface area contributed by atoms with Crippen LogP contribution in [-0.4, -0.2) is 46.9 Å². The first-order valence-electron chi connectivity index (χ1n) is 5.75. The monoisotopic (exact) mass is 306 g/mol. The van der Waals surface area contributed by atoms with Crippen molar-refractivity contribution >= 4 is 17.7 Å². The van der Waals surface area contributed by atoms with Gasteiger partial charge in [0.25, 0.3) is 0 Å². The van der Waals surface area contributed by atoms with E-state index in [1.54, 1.807) is 0 Å². The molecule has 0 unspecified atom stereocenters. The predicted molar refractivity (Wildman–Crippen MR) is 67.4 cm³/mol. The van der Waals surface area contributed by atoms with E-state index in [0.29, 0.717) is 0 Å². The van der Waals surface area contributed by atoms with E-state index in [-0.39, 0.29) is 5.69 Å². The van der Waals surface area contributed by atoms with Gasteiger partial charge in [-0.2, -0.15) is 13.2 Å². The number of carboxylic acid groups (broad SMARTS) is 1. The Hall–Kier alpha value is -2.45. The van der Waals surface area contributed by atoms with Gasteiger partial charge in [0.05, 0.1) is 6.42 Å². The molecule has 1 aromatic rings. The Morgan fingerprint density at radius 1 is 1.33 bits per heavy atom. The van der Waals surface area contributed by atoms with Gasteiger partial charge >= 0.3 is 18.2 Å². The standard InChI is InChI=1S/C12H13F3N2O4/c1-17(5-4-12(13,14)15)11(21)16-7-2-3-9(18)8(6-7)10(19)20/h2-3,6,18H,4-5H2,1H3,(H,16,21)(H,19,20). The van der Waals surface area contributed by atoms with Crippen LogP contribution in [0.25, 0.3) is 0 Å². The number of aromatic hydroxyl groups is 1. The molecule has 0 aliphatic rings. The van der Waals surface area contributed by atoms with Gasteiger partial charge in [0.2, 0.25) is 0 Å². The topological polar surface area (TPSA) is 89.9 Å². The number of aromatic carboxylic acids is 1. The second kappa shape index (κ2) is 6.33. The molecular formula is C12H13F3N2O4. The first-order chi connectivity index (χ1) is 9.60. The second-order valence-corrected chi connectivity index (χ2v) is 4.25. The van der Waals surface area contributed by atoms with Gasteiger partial charge in [-0.05, 0) is 18.2 Å². The van der Waals surface area contributed by atoms with Gasteiger partial charge < -0.3 is 20.4 Å². The Morgan fingerprint density at radius 3 is 2.48 bits per heavy atom. The molecule has 0 fully saturated rings. The summed E-state index contributed by atoms with van der Waals surface area (Å²) in [5, 5.41) is 20.3. The summed E-state index contributed by atoms with van der Waals surface area (Å²) in [5.74, 6) is -1.88. The number of alkyl halides is 3. The van der Waals surface area contributed by atoms with E-state index < -0.39 is 42.5 Å². The maximum absolute atomic E-state index is 12.0. The molecular weight excluding hydrogens is 293 g/mol. The number of nitrogens with zero attached hydrogens (tertiary/aromatic N) is 1. The summed E-state index contributed by atoms with van der Waals surface area (Å²) in [6.45, 7) is -0.529. The Bertz CT molecular complexity index is 546. The van der Waals surface area contributed by atoms with Crippen LogP contribution in [0.3, 0.4) is 0 Å². The smallest absolute Gasteiger partial charge is 0.390 e. The summed E-state index contributed by atoms with van der Waals surface area (Å²) in [6.07, 6.45) is -5.52. The van der Waals surface area contributed by atoms with Crippen LogP contribution in [-0.2, 0) is 0 Å². The number of carbonyl (C=O) groups is 2. The third-order valence-electron chi connectivity index (χ3n) is 2.56. The first kappa shape index (κ1) is 16.6. The number of amides is 2. The SMILES string of the molecule is CN(CCC(F)(F)F)C(=O)Nc1ccc(O)c(C(=O)O)c1. The molecule has 0 aliphatic heterocycles. The number of hydrogen-bond acceptors (Lipinski definition) is 3. The zero-order valence-corrected chi connectivity index (χ0v) is 10.9. The average Bonchev–Trinajstić information content (AvgIpc) is 2.36. The number of nitrogens with one attached hydrogen (secondary N) is 1. The molecule has 0 heterocycles. The van der Waals surface area contributed by atoms with E-state index >= 15 is 0 Å². The molecule has 116 valence electrons. The van der Waals surface area contributed by atoms with Gasteiger partial charge in [0.1, 0.15) is 11.3 Å². The Labute approximate surface area is 117 Å². The van der Waals surface area contributed by atoms with E-state index in [1.807, 2.05) is 0 Å².